The Balaban J connectivity index is 1.56. The van der Waals surface area contributed by atoms with Crippen LogP contribution in [0.15, 0.2) is 54.6 Å². The summed E-state index contributed by atoms with van der Waals surface area (Å²) in [5, 5.41) is 9.70. The van der Waals surface area contributed by atoms with Crippen molar-refractivity contribution in [1.82, 2.24) is 20.9 Å². The van der Waals surface area contributed by atoms with Crippen LogP contribution < -0.4 is 21.7 Å². The van der Waals surface area contributed by atoms with E-state index >= 15 is 0 Å². The van der Waals surface area contributed by atoms with E-state index in [1.807, 2.05) is 68.4 Å². The molecular weight excluding hydrogens is 442 g/mol. The number of H-pyrrole nitrogens is 1. The molecule has 0 bridgehead atoms. The molecule has 0 saturated heterocycles. The first-order chi connectivity index (χ1) is 16.8. The number of primary amides is 1. The molecular formula is C27H33N5O3. The fourth-order valence-electron chi connectivity index (χ4n) is 4.83. The molecule has 184 valence electrons. The Labute approximate surface area is 205 Å². The van der Waals surface area contributed by atoms with E-state index < -0.39 is 29.4 Å². The van der Waals surface area contributed by atoms with Gasteiger partial charge in [-0.1, -0.05) is 62.4 Å². The van der Waals surface area contributed by atoms with E-state index in [0.29, 0.717) is 32.2 Å². The Hall–Kier alpha value is -3.81. The molecule has 0 fully saturated rings. The van der Waals surface area contributed by atoms with Crippen molar-refractivity contribution in [3.05, 3.63) is 71.4 Å². The van der Waals surface area contributed by atoms with Gasteiger partial charge in [-0.25, -0.2) is 4.79 Å². The lowest BCUT2D eigenvalue weighted by Crippen LogP contribution is -2.65. The van der Waals surface area contributed by atoms with Gasteiger partial charge in [0, 0.05) is 29.6 Å². The average Bonchev–Trinajstić information content (AvgIpc) is 3.20. The van der Waals surface area contributed by atoms with Gasteiger partial charge >= 0.3 is 6.03 Å². The first-order valence-corrected chi connectivity index (χ1v) is 12.1. The number of benzene rings is 2. The highest BCUT2D eigenvalue weighted by atomic mass is 16.2. The Morgan fingerprint density at radius 2 is 1.77 bits per heavy atom. The van der Waals surface area contributed by atoms with E-state index in [9.17, 15) is 14.4 Å². The van der Waals surface area contributed by atoms with E-state index in [1.54, 1.807) is 0 Å². The lowest BCUT2D eigenvalue weighted by Gasteiger charge is -2.38. The van der Waals surface area contributed by atoms with Gasteiger partial charge in [0.25, 0.3) is 0 Å². The number of hydrogen-bond donors (Lipinski definition) is 5. The molecule has 2 aromatic carbocycles. The zero-order valence-corrected chi connectivity index (χ0v) is 20.2. The van der Waals surface area contributed by atoms with Gasteiger partial charge in [-0.15, -0.1) is 0 Å². The first-order valence-electron chi connectivity index (χ1n) is 12.1. The third kappa shape index (κ3) is 5.31. The summed E-state index contributed by atoms with van der Waals surface area (Å²) in [6.45, 7) is 4.08. The number of hydrogen-bond acceptors (Lipinski definition) is 3. The monoisotopic (exact) mass is 475 g/mol. The summed E-state index contributed by atoms with van der Waals surface area (Å²) >= 11 is 0. The van der Waals surface area contributed by atoms with Crippen LogP contribution in [-0.2, 0) is 28.9 Å². The summed E-state index contributed by atoms with van der Waals surface area (Å²) < 4.78 is 0. The number of aromatic nitrogens is 1. The second-order valence-corrected chi connectivity index (χ2v) is 9.60. The molecule has 1 aliphatic carbocycles. The topological polar surface area (TPSA) is 129 Å². The van der Waals surface area contributed by atoms with E-state index in [4.69, 9.17) is 5.73 Å². The van der Waals surface area contributed by atoms with Crippen molar-refractivity contribution in [3.63, 3.8) is 0 Å². The Kier molecular flexibility index (Phi) is 7.10. The summed E-state index contributed by atoms with van der Waals surface area (Å²) in [6, 6.07) is 16.6. The molecule has 2 atom stereocenters. The average molecular weight is 476 g/mol. The van der Waals surface area contributed by atoms with Gasteiger partial charge in [0.2, 0.25) is 11.8 Å². The van der Waals surface area contributed by atoms with Crippen molar-refractivity contribution in [3.8, 4) is 0 Å². The molecule has 0 radical (unpaired) electrons. The molecule has 1 heterocycles. The summed E-state index contributed by atoms with van der Waals surface area (Å²) in [5.41, 5.74) is 8.53. The second-order valence-electron chi connectivity index (χ2n) is 9.60. The minimum atomic E-state index is -1.21. The van der Waals surface area contributed by atoms with Gasteiger partial charge in [0.1, 0.15) is 11.6 Å². The molecule has 1 aliphatic rings. The summed E-state index contributed by atoms with van der Waals surface area (Å²) in [5.74, 6) is -1.18. The molecule has 0 aliphatic heterocycles. The number of nitrogens with one attached hydrogen (secondary N) is 4. The van der Waals surface area contributed by atoms with Crippen LogP contribution in [0.5, 0.6) is 0 Å². The van der Waals surface area contributed by atoms with Crippen LogP contribution in [0.1, 0.15) is 37.1 Å². The van der Waals surface area contributed by atoms with Gasteiger partial charge < -0.3 is 26.7 Å². The summed E-state index contributed by atoms with van der Waals surface area (Å²) in [4.78, 5) is 42.1. The van der Waals surface area contributed by atoms with Crippen LogP contribution in [0, 0.1) is 5.92 Å². The quantitative estimate of drug-likeness (QED) is 0.343. The van der Waals surface area contributed by atoms with E-state index in [0.717, 1.165) is 27.7 Å². The number of nitrogens with two attached hydrogens (primary N) is 1. The first kappa shape index (κ1) is 24.3. The standard InChI is InChI=1S/C27H33N5O3/c1-17(2)23(24(28)33)31-25(34)27(32-26(35)29-15-13-18-8-4-3-5-9-18)14-12-22-20(16-27)19-10-6-7-11-21(19)30-22/h3-11,17,23,30H,12-16H2,1-2H3,(H2,28,33)(H,31,34)(H2,29,32,35)/t23-,27+/m0/s1. The minimum Gasteiger partial charge on any atom is -0.368 e. The summed E-state index contributed by atoms with van der Waals surface area (Å²) in [7, 11) is 0. The molecule has 0 spiro atoms. The Morgan fingerprint density at radius 1 is 1.06 bits per heavy atom. The number of aryl methyl sites for hydroxylation is 1. The lowest BCUT2D eigenvalue weighted by atomic mass is 9.78. The normalized spacial score (nSPS) is 18.0. The van der Waals surface area contributed by atoms with Gasteiger partial charge in [-0.2, -0.15) is 0 Å². The van der Waals surface area contributed by atoms with E-state index in [1.165, 1.54) is 0 Å². The van der Waals surface area contributed by atoms with E-state index in [2.05, 4.69) is 20.9 Å². The van der Waals surface area contributed by atoms with Crippen LogP contribution in [0.3, 0.4) is 0 Å². The van der Waals surface area contributed by atoms with Gasteiger partial charge in [0.05, 0.1) is 0 Å². The van der Waals surface area contributed by atoms with Crippen molar-refractivity contribution in [2.75, 3.05) is 6.54 Å². The fourth-order valence-corrected chi connectivity index (χ4v) is 4.83. The minimum absolute atomic E-state index is 0.180. The molecule has 0 unspecified atom stereocenters. The van der Waals surface area contributed by atoms with Crippen molar-refractivity contribution in [2.45, 2.75) is 51.1 Å². The number of carbonyl (C=O) groups excluding carboxylic acids is 3. The molecule has 6 N–H and O–H groups in total. The number of aromatic amines is 1. The fraction of sp³-hybridized carbons (Fsp3) is 0.370. The molecule has 4 amide bonds. The molecule has 35 heavy (non-hydrogen) atoms. The van der Waals surface area contributed by atoms with Gasteiger partial charge in [-0.3, -0.25) is 9.59 Å². The van der Waals surface area contributed by atoms with Crippen LogP contribution in [0.2, 0.25) is 0 Å². The zero-order chi connectivity index (χ0) is 25.0. The Bertz CT molecular complexity index is 1220. The smallest absolute Gasteiger partial charge is 0.315 e. The molecule has 1 aromatic heterocycles. The largest absolute Gasteiger partial charge is 0.368 e. The maximum atomic E-state index is 13.7. The Morgan fingerprint density at radius 3 is 2.49 bits per heavy atom. The number of fused-ring (bicyclic) bond motifs is 3. The summed E-state index contributed by atoms with van der Waals surface area (Å²) in [6.07, 6.45) is 1.98. The molecule has 3 aromatic rings. The number of para-hydroxylation sites is 1. The number of urea groups is 1. The zero-order valence-electron chi connectivity index (χ0n) is 20.2. The predicted octanol–water partition coefficient (Wildman–Crippen LogP) is 2.56. The molecule has 8 heteroatoms. The van der Waals surface area contributed by atoms with Crippen molar-refractivity contribution in [2.24, 2.45) is 11.7 Å². The maximum Gasteiger partial charge on any atom is 0.315 e. The highest BCUT2D eigenvalue weighted by Gasteiger charge is 2.45. The number of amides is 4. The second kappa shape index (κ2) is 10.2. The molecule has 0 saturated carbocycles. The van der Waals surface area contributed by atoms with Crippen LogP contribution in [0.4, 0.5) is 4.79 Å². The van der Waals surface area contributed by atoms with Gasteiger partial charge in [0.15, 0.2) is 0 Å². The van der Waals surface area contributed by atoms with Crippen molar-refractivity contribution in [1.29, 1.82) is 0 Å². The van der Waals surface area contributed by atoms with Gasteiger partial charge in [-0.05, 0) is 42.4 Å². The predicted molar refractivity (Wildman–Crippen MR) is 136 cm³/mol. The highest BCUT2D eigenvalue weighted by Crippen LogP contribution is 2.34. The third-order valence-electron chi connectivity index (χ3n) is 6.77. The third-order valence-corrected chi connectivity index (χ3v) is 6.77. The van der Waals surface area contributed by atoms with E-state index in [-0.39, 0.29) is 5.92 Å². The SMILES string of the molecule is CC(C)[C@H](NC(=O)[C@@]1(NC(=O)NCCc2ccccc2)CCc2[nH]c3ccccc3c2C1)C(N)=O. The number of rotatable bonds is 8. The van der Waals surface area contributed by atoms with Crippen LogP contribution in [0.25, 0.3) is 10.9 Å². The molecule has 8 nitrogen and oxygen atoms in total. The molecule has 4 rings (SSSR count). The number of carbonyl (C=O) groups is 3. The van der Waals surface area contributed by atoms with Crippen molar-refractivity contribution < 1.29 is 14.4 Å². The van der Waals surface area contributed by atoms with Crippen molar-refractivity contribution >= 4 is 28.7 Å². The lowest BCUT2D eigenvalue weighted by molar-refractivity contribution is -0.132. The highest BCUT2D eigenvalue weighted by molar-refractivity contribution is 5.96. The van der Waals surface area contributed by atoms with Crippen LogP contribution >= 0.6 is 0 Å². The maximum absolute atomic E-state index is 13.7. The van der Waals surface area contributed by atoms with Crippen LogP contribution in [-0.4, -0.2) is 41.0 Å².